The molecular formula is C15H34ClN. The van der Waals surface area contributed by atoms with Crippen LogP contribution >= 0.6 is 0 Å². The van der Waals surface area contributed by atoms with Crippen molar-refractivity contribution in [2.75, 3.05) is 27.6 Å². The van der Waals surface area contributed by atoms with E-state index in [-0.39, 0.29) is 16.9 Å². The SMILES string of the molecule is [2H]C([2H])([2H])[N+](C)(C)CCCCCCCCCCCC.[Cl-]. The second-order valence-electron chi connectivity index (χ2n) is 5.59. The lowest BCUT2D eigenvalue weighted by atomic mass is 10.1. The Morgan fingerprint density at radius 1 is 0.765 bits per heavy atom. The first-order valence-electron chi connectivity index (χ1n) is 8.64. The van der Waals surface area contributed by atoms with Gasteiger partial charge in [0.05, 0.1) is 31.7 Å². The summed E-state index contributed by atoms with van der Waals surface area (Å²) in [4.78, 5) is 0. The fourth-order valence-electron chi connectivity index (χ4n) is 1.99. The summed E-state index contributed by atoms with van der Waals surface area (Å²) in [6, 6.07) is 0. The maximum Gasteiger partial charge on any atom is 0.0886 e. The molecule has 0 aliphatic heterocycles. The molecule has 0 aromatic heterocycles. The van der Waals surface area contributed by atoms with Gasteiger partial charge in [0.15, 0.2) is 0 Å². The monoisotopic (exact) mass is 266 g/mol. The average Bonchev–Trinajstić information content (AvgIpc) is 2.30. The molecule has 0 atom stereocenters. The van der Waals surface area contributed by atoms with E-state index >= 15 is 0 Å². The van der Waals surface area contributed by atoms with E-state index in [1.165, 1.54) is 57.8 Å². The summed E-state index contributed by atoms with van der Waals surface area (Å²) in [5.41, 5.74) is 0. The number of quaternary nitrogens is 1. The Kier molecular flexibility index (Phi) is 10.2. The molecule has 0 radical (unpaired) electrons. The van der Waals surface area contributed by atoms with E-state index in [1.807, 2.05) is 0 Å². The summed E-state index contributed by atoms with van der Waals surface area (Å²) in [6.45, 7) is 1.13. The first kappa shape index (κ1) is 13.7. The zero-order valence-corrected chi connectivity index (χ0v) is 12.9. The van der Waals surface area contributed by atoms with Crippen LogP contribution in [0.3, 0.4) is 0 Å². The molecule has 17 heavy (non-hydrogen) atoms. The number of rotatable bonds is 11. The first-order valence-corrected chi connectivity index (χ1v) is 7.14. The van der Waals surface area contributed by atoms with Crippen molar-refractivity contribution in [3.05, 3.63) is 0 Å². The third kappa shape index (κ3) is 18.8. The van der Waals surface area contributed by atoms with Gasteiger partial charge in [-0.3, -0.25) is 0 Å². The van der Waals surface area contributed by atoms with Crippen molar-refractivity contribution in [3.63, 3.8) is 0 Å². The van der Waals surface area contributed by atoms with Gasteiger partial charge >= 0.3 is 0 Å². The number of hydrogen-bond donors (Lipinski definition) is 0. The van der Waals surface area contributed by atoms with Crippen LogP contribution in [0.25, 0.3) is 0 Å². The molecule has 0 fully saturated rings. The Morgan fingerprint density at radius 3 is 1.59 bits per heavy atom. The summed E-state index contributed by atoms with van der Waals surface area (Å²) in [5, 5.41) is 0. The molecule has 0 aromatic rings. The van der Waals surface area contributed by atoms with Gasteiger partial charge in [-0.25, -0.2) is 0 Å². The molecule has 0 heterocycles. The maximum absolute atomic E-state index is 7.47. The predicted octanol–water partition coefficient (Wildman–Crippen LogP) is 1.62. The van der Waals surface area contributed by atoms with E-state index in [9.17, 15) is 0 Å². The van der Waals surface area contributed by atoms with Crippen LogP contribution in [0.4, 0.5) is 0 Å². The summed E-state index contributed by atoms with van der Waals surface area (Å²) in [6.07, 6.45) is 13.0. The molecule has 0 aliphatic carbocycles. The van der Waals surface area contributed by atoms with E-state index < -0.39 is 6.98 Å². The quantitative estimate of drug-likeness (QED) is 0.394. The van der Waals surface area contributed by atoms with Gasteiger partial charge in [0.2, 0.25) is 0 Å². The molecule has 0 rings (SSSR count). The van der Waals surface area contributed by atoms with Crippen LogP contribution in [-0.2, 0) is 0 Å². The van der Waals surface area contributed by atoms with E-state index in [0.29, 0.717) is 0 Å². The molecule has 2 heteroatoms. The van der Waals surface area contributed by atoms with Gasteiger partial charge in [-0.05, 0) is 12.8 Å². The van der Waals surface area contributed by atoms with Crippen LogP contribution in [0.1, 0.15) is 75.2 Å². The van der Waals surface area contributed by atoms with Crippen LogP contribution < -0.4 is 12.4 Å². The lowest BCUT2D eigenvalue weighted by Gasteiger charge is -2.23. The lowest BCUT2D eigenvalue weighted by molar-refractivity contribution is -0.870. The topological polar surface area (TPSA) is 0 Å². The maximum atomic E-state index is 7.47. The minimum Gasteiger partial charge on any atom is -1.00 e. The Labute approximate surface area is 120 Å². The second kappa shape index (κ2) is 12.7. The van der Waals surface area contributed by atoms with Crippen LogP contribution in [-0.4, -0.2) is 32.1 Å². The second-order valence-corrected chi connectivity index (χ2v) is 5.59. The van der Waals surface area contributed by atoms with Crippen molar-refractivity contribution in [2.45, 2.75) is 71.1 Å². The average molecular weight is 267 g/mol. The van der Waals surface area contributed by atoms with E-state index in [1.54, 1.807) is 14.1 Å². The summed E-state index contributed by atoms with van der Waals surface area (Å²) >= 11 is 0. The molecule has 1 nitrogen and oxygen atoms in total. The van der Waals surface area contributed by atoms with E-state index in [0.717, 1.165) is 13.0 Å². The van der Waals surface area contributed by atoms with Crippen molar-refractivity contribution in [1.82, 2.24) is 0 Å². The number of hydrogen-bond acceptors (Lipinski definition) is 0. The van der Waals surface area contributed by atoms with Crippen LogP contribution in [0.15, 0.2) is 0 Å². The predicted molar refractivity (Wildman–Crippen MR) is 74.7 cm³/mol. The Bertz CT molecular complexity index is 218. The number of unbranched alkanes of at least 4 members (excludes halogenated alkanes) is 9. The third-order valence-electron chi connectivity index (χ3n) is 3.07. The Balaban J connectivity index is 0. The fraction of sp³-hybridized carbons (Fsp3) is 1.00. The highest BCUT2D eigenvalue weighted by Crippen LogP contribution is 2.10. The van der Waals surface area contributed by atoms with Gasteiger partial charge in [0, 0.05) is 0 Å². The molecule has 0 unspecified atom stereocenters. The highest BCUT2D eigenvalue weighted by atomic mass is 35.5. The zero-order chi connectivity index (χ0) is 14.8. The molecular weight excluding hydrogens is 230 g/mol. The molecule has 0 aliphatic rings. The molecule has 0 saturated carbocycles. The summed E-state index contributed by atoms with van der Waals surface area (Å²) in [5.74, 6) is 0. The van der Waals surface area contributed by atoms with Gasteiger partial charge in [-0.15, -0.1) is 0 Å². The van der Waals surface area contributed by atoms with E-state index in [2.05, 4.69) is 6.92 Å². The lowest BCUT2D eigenvalue weighted by Crippen LogP contribution is -3.00. The van der Waals surface area contributed by atoms with Crippen molar-refractivity contribution < 1.29 is 21.0 Å². The van der Waals surface area contributed by atoms with Gasteiger partial charge in [-0.2, -0.15) is 0 Å². The standard InChI is InChI=1S/C15H34N.ClH/c1-5-6-7-8-9-10-11-12-13-14-15-16(2,3)4;/h5-15H2,1-4H3;1H/q+1;/p-1/i2D3;. The van der Waals surface area contributed by atoms with Gasteiger partial charge in [0.1, 0.15) is 0 Å². The van der Waals surface area contributed by atoms with Crippen molar-refractivity contribution >= 4 is 0 Å². The number of halogens is 1. The molecule has 0 aromatic carbocycles. The highest BCUT2D eigenvalue weighted by molar-refractivity contribution is 4.47. The molecule has 0 N–H and O–H groups in total. The molecule has 0 bridgehead atoms. The zero-order valence-electron chi connectivity index (χ0n) is 15.1. The van der Waals surface area contributed by atoms with Gasteiger partial charge < -0.3 is 16.9 Å². The van der Waals surface area contributed by atoms with Gasteiger partial charge in [-0.1, -0.05) is 58.3 Å². The van der Waals surface area contributed by atoms with Crippen molar-refractivity contribution in [1.29, 1.82) is 0 Å². The summed E-state index contributed by atoms with van der Waals surface area (Å²) in [7, 11) is 3.61. The van der Waals surface area contributed by atoms with Crippen molar-refractivity contribution in [3.8, 4) is 0 Å². The van der Waals surface area contributed by atoms with Crippen molar-refractivity contribution in [2.24, 2.45) is 0 Å². The Morgan fingerprint density at radius 2 is 1.18 bits per heavy atom. The normalized spacial score (nSPS) is 14.6. The van der Waals surface area contributed by atoms with E-state index in [4.69, 9.17) is 4.11 Å². The molecule has 0 spiro atoms. The minimum atomic E-state index is -1.88. The number of nitrogens with zero attached hydrogens (tertiary/aromatic N) is 1. The van der Waals surface area contributed by atoms with Crippen LogP contribution in [0.2, 0.25) is 0 Å². The van der Waals surface area contributed by atoms with Crippen LogP contribution in [0.5, 0.6) is 0 Å². The molecule has 106 valence electrons. The first-order chi connectivity index (χ1) is 8.81. The molecule has 0 saturated heterocycles. The fourth-order valence-corrected chi connectivity index (χ4v) is 1.99. The Hall–Kier alpha value is 0.250. The third-order valence-corrected chi connectivity index (χ3v) is 3.07. The largest absolute Gasteiger partial charge is 1.00 e. The molecule has 0 amide bonds. The highest BCUT2D eigenvalue weighted by Gasteiger charge is 2.04. The smallest absolute Gasteiger partial charge is 0.0886 e. The minimum absolute atomic E-state index is 0. The summed E-state index contributed by atoms with van der Waals surface area (Å²) < 4.78 is 22.5. The van der Waals surface area contributed by atoms with Crippen LogP contribution in [0, 0.1) is 0 Å². The van der Waals surface area contributed by atoms with Gasteiger partial charge in [0.25, 0.3) is 0 Å².